The van der Waals surface area contributed by atoms with E-state index in [9.17, 15) is 0 Å². The summed E-state index contributed by atoms with van der Waals surface area (Å²) in [5.74, 6) is 0.653. The molecule has 3 heteroatoms. The molecule has 0 radical (unpaired) electrons. The predicted octanol–water partition coefficient (Wildman–Crippen LogP) is 1.91. The van der Waals surface area contributed by atoms with Crippen molar-refractivity contribution in [2.75, 3.05) is 6.54 Å². The van der Waals surface area contributed by atoms with Crippen LogP contribution in [0.3, 0.4) is 0 Å². The lowest BCUT2D eigenvalue weighted by atomic mass is 9.99. The largest absolute Gasteiger partial charge is 0.314 e. The van der Waals surface area contributed by atoms with Crippen molar-refractivity contribution in [1.82, 2.24) is 15.1 Å². The van der Waals surface area contributed by atoms with Crippen LogP contribution in [0, 0.1) is 12.8 Å². The minimum atomic E-state index is 0.546. The monoisotopic (exact) mass is 209 g/mol. The van der Waals surface area contributed by atoms with Crippen LogP contribution in [0.5, 0.6) is 0 Å². The highest BCUT2D eigenvalue weighted by Gasteiger charge is 2.14. The molecule has 0 bridgehead atoms. The number of aromatic nitrogens is 2. The van der Waals surface area contributed by atoms with Crippen molar-refractivity contribution in [2.45, 2.75) is 40.2 Å². The fourth-order valence-electron chi connectivity index (χ4n) is 1.89. The molecule has 1 heterocycles. The van der Waals surface area contributed by atoms with E-state index < -0.39 is 0 Å². The van der Waals surface area contributed by atoms with Crippen molar-refractivity contribution < 1.29 is 0 Å². The molecule has 86 valence electrons. The Balaban J connectivity index is 2.69. The zero-order valence-electron chi connectivity index (χ0n) is 10.5. The van der Waals surface area contributed by atoms with Gasteiger partial charge in [-0.05, 0) is 25.5 Å². The van der Waals surface area contributed by atoms with Crippen LogP contribution in [-0.4, -0.2) is 22.4 Å². The van der Waals surface area contributed by atoms with Crippen LogP contribution in [0.1, 0.15) is 32.2 Å². The second-order valence-electron chi connectivity index (χ2n) is 4.51. The Morgan fingerprint density at radius 3 is 2.53 bits per heavy atom. The zero-order valence-corrected chi connectivity index (χ0v) is 10.5. The SMILES string of the molecule is CCNC(Cc1cc(C)nn1C)C(C)C. The maximum absolute atomic E-state index is 4.37. The van der Waals surface area contributed by atoms with Gasteiger partial charge in [0.2, 0.25) is 0 Å². The first-order chi connectivity index (χ1) is 7.04. The van der Waals surface area contributed by atoms with Crippen molar-refractivity contribution in [3.05, 3.63) is 17.5 Å². The summed E-state index contributed by atoms with van der Waals surface area (Å²) >= 11 is 0. The zero-order chi connectivity index (χ0) is 11.4. The third-order valence-electron chi connectivity index (χ3n) is 2.80. The van der Waals surface area contributed by atoms with E-state index in [1.54, 1.807) is 0 Å². The summed E-state index contributed by atoms with van der Waals surface area (Å²) in [6.07, 6.45) is 1.06. The Bertz CT molecular complexity index is 302. The minimum absolute atomic E-state index is 0.546. The van der Waals surface area contributed by atoms with Gasteiger partial charge in [-0.3, -0.25) is 4.68 Å². The standard InChI is InChI=1S/C12H23N3/c1-6-13-12(9(2)3)8-11-7-10(4)14-15(11)5/h7,9,12-13H,6,8H2,1-5H3. The minimum Gasteiger partial charge on any atom is -0.314 e. The van der Waals surface area contributed by atoms with Crippen LogP contribution in [-0.2, 0) is 13.5 Å². The first-order valence-corrected chi connectivity index (χ1v) is 5.77. The van der Waals surface area contributed by atoms with Gasteiger partial charge in [0.05, 0.1) is 5.69 Å². The highest BCUT2D eigenvalue weighted by atomic mass is 15.3. The molecular weight excluding hydrogens is 186 g/mol. The molecule has 0 amide bonds. The summed E-state index contributed by atoms with van der Waals surface area (Å²) < 4.78 is 1.99. The Morgan fingerprint density at radius 2 is 2.13 bits per heavy atom. The highest BCUT2D eigenvalue weighted by Crippen LogP contribution is 2.10. The highest BCUT2D eigenvalue weighted by molar-refractivity contribution is 5.10. The summed E-state index contributed by atoms with van der Waals surface area (Å²) in [5, 5.41) is 7.90. The molecule has 1 aromatic heterocycles. The Labute approximate surface area is 92.9 Å². The molecular formula is C12H23N3. The van der Waals surface area contributed by atoms with Gasteiger partial charge in [-0.15, -0.1) is 0 Å². The third kappa shape index (κ3) is 3.34. The van der Waals surface area contributed by atoms with E-state index in [1.807, 2.05) is 18.7 Å². The van der Waals surface area contributed by atoms with Gasteiger partial charge in [0.1, 0.15) is 0 Å². The fraction of sp³-hybridized carbons (Fsp3) is 0.750. The lowest BCUT2D eigenvalue weighted by Gasteiger charge is -2.21. The van der Waals surface area contributed by atoms with Gasteiger partial charge in [0, 0.05) is 25.2 Å². The second-order valence-corrected chi connectivity index (χ2v) is 4.51. The van der Waals surface area contributed by atoms with Crippen molar-refractivity contribution in [2.24, 2.45) is 13.0 Å². The molecule has 0 aromatic carbocycles. The van der Waals surface area contributed by atoms with E-state index in [4.69, 9.17) is 0 Å². The van der Waals surface area contributed by atoms with Crippen molar-refractivity contribution >= 4 is 0 Å². The van der Waals surface area contributed by atoms with E-state index >= 15 is 0 Å². The van der Waals surface area contributed by atoms with Crippen LogP contribution in [0.4, 0.5) is 0 Å². The maximum atomic E-state index is 4.37. The normalized spacial score (nSPS) is 13.5. The number of aryl methyl sites for hydroxylation is 2. The molecule has 1 rings (SSSR count). The lowest BCUT2D eigenvalue weighted by molar-refractivity contribution is 0.397. The second kappa shape index (κ2) is 5.31. The quantitative estimate of drug-likeness (QED) is 0.802. The fourth-order valence-corrected chi connectivity index (χ4v) is 1.89. The molecule has 1 unspecified atom stereocenters. The van der Waals surface area contributed by atoms with Crippen molar-refractivity contribution in [3.8, 4) is 0 Å². The van der Waals surface area contributed by atoms with E-state index in [-0.39, 0.29) is 0 Å². The van der Waals surface area contributed by atoms with E-state index in [1.165, 1.54) is 5.69 Å². The molecule has 3 nitrogen and oxygen atoms in total. The maximum Gasteiger partial charge on any atom is 0.0596 e. The molecule has 0 fully saturated rings. The molecule has 1 aromatic rings. The Kier molecular flexibility index (Phi) is 4.33. The van der Waals surface area contributed by atoms with Gasteiger partial charge >= 0.3 is 0 Å². The van der Waals surface area contributed by atoms with Gasteiger partial charge in [-0.2, -0.15) is 5.10 Å². The van der Waals surface area contributed by atoms with Crippen LogP contribution in [0.15, 0.2) is 6.07 Å². The Hall–Kier alpha value is -0.830. The summed E-state index contributed by atoms with van der Waals surface area (Å²) in [5.41, 5.74) is 2.42. The Morgan fingerprint density at radius 1 is 1.47 bits per heavy atom. The number of nitrogens with one attached hydrogen (secondary N) is 1. The number of rotatable bonds is 5. The van der Waals surface area contributed by atoms with Crippen molar-refractivity contribution in [3.63, 3.8) is 0 Å². The summed E-state index contributed by atoms with van der Waals surface area (Å²) in [4.78, 5) is 0. The van der Waals surface area contributed by atoms with Gasteiger partial charge < -0.3 is 5.32 Å². The topological polar surface area (TPSA) is 29.9 Å². The van der Waals surface area contributed by atoms with E-state index in [2.05, 4.69) is 37.3 Å². The molecule has 0 aliphatic rings. The van der Waals surface area contributed by atoms with Gasteiger partial charge in [0.25, 0.3) is 0 Å². The number of nitrogens with zero attached hydrogens (tertiary/aromatic N) is 2. The number of hydrogen-bond donors (Lipinski definition) is 1. The summed E-state index contributed by atoms with van der Waals surface area (Å²) in [6, 6.07) is 2.72. The molecule has 0 spiro atoms. The first-order valence-electron chi connectivity index (χ1n) is 5.77. The molecule has 0 aliphatic heterocycles. The smallest absolute Gasteiger partial charge is 0.0596 e. The molecule has 1 atom stereocenters. The first kappa shape index (κ1) is 12.2. The van der Waals surface area contributed by atoms with Crippen LogP contribution >= 0.6 is 0 Å². The number of hydrogen-bond acceptors (Lipinski definition) is 2. The van der Waals surface area contributed by atoms with Gasteiger partial charge in [-0.25, -0.2) is 0 Å². The lowest BCUT2D eigenvalue weighted by Crippen LogP contribution is -2.36. The van der Waals surface area contributed by atoms with E-state index in [0.717, 1.165) is 18.7 Å². The van der Waals surface area contributed by atoms with Crippen LogP contribution in [0.2, 0.25) is 0 Å². The molecule has 1 N–H and O–H groups in total. The molecule has 0 saturated carbocycles. The summed E-state index contributed by atoms with van der Waals surface area (Å²) in [7, 11) is 2.02. The predicted molar refractivity (Wildman–Crippen MR) is 64.0 cm³/mol. The average Bonchev–Trinajstić information content (AvgIpc) is 2.44. The summed E-state index contributed by atoms with van der Waals surface area (Å²) in [6.45, 7) is 9.75. The number of likely N-dealkylation sites (N-methyl/N-ethyl adjacent to an activating group) is 1. The van der Waals surface area contributed by atoms with Gasteiger partial charge in [0.15, 0.2) is 0 Å². The average molecular weight is 209 g/mol. The third-order valence-corrected chi connectivity index (χ3v) is 2.80. The van der Waals surface area contributed by atoms with Crippen LogP contribution in [0.25, 0.3) is 0 Å². The van der Waals surface area contributed by atoms with E-state index in [0.29, 0.717) is 12.0 Å². The van der Waals surface area contributed by atoms with Crippen LogP contribution < -0.4 is 5.32 Å². The molecule has 0 saturated heterocycles. The molecule has 0 aliphatic carbocycles. The van der Waals surface area contributed by atoms with Gasteiger partial charge in [-0.1, -0.05) is 20.8 Å². The molecule has 15 heavy (non-hydrogen) atoms. The van der Waals surface area contributed by atoms with Crippen molar-refractivity contribution in [1.29, 1.82) is 0 Å².